The van der Waals surface area contributed by atoms with Gasteiger partial charge < -0.3 is 10.1 Å². The van der Waals surface area contributed by atoms with Gasteiger partial charge in [0.15, 0.2) is 16.4 Å². The van der Waals surface area contributed by atoms with E-state index < -0.39 is 34.4 Å². The van der Waals surface area contributed by atoms with Gasteiger partial charge in [-0.25, -0.2) is 18.2 Å². The van der Waals surface area contributed by atoms with Crippen LogP contribution in [0.3, 0.4) is 0 Å². The number of hydrazone groups is 1. The van der Waals surface area contributed by atoms with E-state index in [4.69, 9.17) is 4.74 Å². The van der Waals surface area contributed by atoms with Gasteiger partial charge in [0.2, 0.25) is 5.91 Å². The van der Waals surface area contributed by atoms with Crippen molar-refractivity contribution in [3.05, 3.63) is 29.8 Å². The summed E-state index contributed by atoms with van der Waals surface area (Å²) in [5.41, 5.74) is 1.64. The number of nitrogens with zero attached hydrogens (tertiary/aromatic N) is 2. The van der Waals surface area contributed by atoms with Crippen LogP contribution in [0.25, 0.3) is 0 Å². The van der Waals surface area contributed by atoms with Crippen LogP contribution < -0.4 is 5.32 Å². The highest BCUT2D eigenvalue weighted by Crippen LogP contribution is 2.22. The second kappa shape index (κ2) is 8.09. The van der Waals surface area contributed by atoms with Crippen LogP contribution in [0, 0.1) is 6.92 Å². The lowest BCUT2D eigenvalue weighted by Crippen LogP contribution is -2.42. The Morgan fingerprint density at radius 2 is 1.96 bits per heavy atom. The first kappa shape index (κ1) is 20.0. The van der Waals surface area contributed by atoms with Gasteiger partial charge >= 0.3 is 5.97 Å². The number of sulfone groups is 1. The van der Waals surface area contributed by atoms with Gasteiger partial charge in [0, 0.05) is 18.5 Å². The molecular weight excluding hydrogens is 386 g/mol. The Bertz CT molecular complexity index is 923. The quantitative estimate of drug-likeness (QED) is 0.715. The standard InChI is InChI=1S/C18H21N3O6S/c1-12-2-4-13(5-3-12)19-16(22)10-27-18(24)15-6-7-17(23)21(20-15)14-8-9-28(25,26)11-14/h2-5,14H,6-11H2,1H3,(H,19,22)/t14-/m1/s1. The van der Waals surface area contributed by atoms with Crippen molar-refractivity contribution in [2.24, 2.45) is 5.10 Å². The number of carbonyl (C=O) groups is 3. The van der Waals surface area contributed by atoms with Crippen LogP contribution in [0.5, 0.6) is 0 Å². The Morgan fingerprint density at radius 1 is 1.25 bits per heavy atom. The van der Waals surface area contributed by atoms with E-state index in [2.05, 4.69) is 10.4 Å². The molecule has 0 aliphatic carbocycles. The number of hydrogen-bond donors (Lipinski definition) is 1. The molecule has 0 spiro atoms. The number of anilines is 1. The Hall–Kier alpha value is -2.75. The summed E-state index contributed by atoms with van der Waals surface area (Å²) in [7, 11) is -3.19. The van der Waals surface area contributed by atoms with E-state index >= 15 is 0 Å². The molecule has 1 fully saturated rings. The van der Waals surface area contributed by atoms with Crippen molar-refractivity contribution >= 4 is 39.0 Å². The molecule has 150 valence electrons. The summed E-state index contributed by atoms with van der Waals surface area (Å²) in [6.07, 6.45) is 0.423. The second-order valence-electron chi connectivity index (χ2n) is 6.83. The minimum Gasteiger partial charge on any atom is -0.451 e. The van der Waals surface area contributed by atoms with Crippen molar-refractivity contribution in [3.63, 3.8) is 0 Å². The third-order valence-corrected chi connectivity index (χ3v) is 6.27. The fourth-order valence-electron chi connectivity index (χ4n) is 3.02. The molecule has 1 aromatic carbocycles. The third kappa shape index (κ3) is 4.94. The van der Waals surface area contributed by atoms with Gasteiger partial charge in [0.25, 0.3) is 5.91 Å². The molecule has 2 aliphatic heterocycles. The van der Waals surface area contributed by atoms with Crippen LogP contribution in [-0.4, -0.2) is 61.1 Å². The van der Waals surface area contributed by atoms with Crippen molar-refractivity contribution in [1.29, 1.82) is 0 Å². The molecule has 1 aromatic rings. The molecule has 0 saturated carbocycles. The predicted octanol–water partition coefficient (Wildman–Crippen LogP) is 0.642. The molecular formula is C18H21N3O6S. The number of aryl methyl sites for hydroxylation is 1. The number of esters is 1. The average molecular weight is 407 g/mol. The van der Waals surface area contributed by atoms with Crippen molar-refractivity contribution in [1.82, 2.24) is 5.01 Å². The van der Waals surface area contributed by atoms with Gasteiger partial charge in [-0.2, -0.15) is 5.10 Å². The number of rotatable bonds is 5. The molecule has 0 unspecified atom stereocenters. The van der Waals surface area contributed by atoms with Gasteiger partial charge in [-0.1, -0.05) is 17.7 Å². The molecule has 2 heterocycles. The first-order valence-corrected chi connectivity index (χ1v) is 10.7. The SMILES string of the molecule is Cc1ccc(NC(=O)COC(=O)C2=NN([C@@H]3CCS(=O)(=O)C3)C(=O)CC2)cc1. The third-order valence-electron chi connectivity index (χ3n) is 4.52. The first-order chi connectivity index (χ1) is 13.2. The monoisotopic (exact) mass is 407 g/mol. The van der Waals surface area contributed by atoms with E-state index in [-0.39, 0.29) is 36.0 Å². The van der Waals surface area contributed by atoms with Crippen LogP contribution in [0.2, 0.25) is 0 Å². The van der Waals surface area contributed by atoms with E-state index in [9.17, 15) is 22.8 Å². The van der Waals surface area contributed by atoms with Crippen LogP contribution in [0.15, 0.2) is 29.4 Å². The van der Waals surface area contributed by atoms with E-state index in [0.717, 1.165) is 10.6 Å². The highest BCUT2D eigenvalue weighted by atomic mass is 32.2. The molecule has 0 radical (unpaired) electrons. The lowest BCUT2D eigenvalue weighted by Gasteiger charge is -2.27. The van der Waals surface area contributed by atoms with E-state index in [0.29, 0.717) is 12.1 Å². The minimum absolute atomic E-state index is 0.00404. The number of carbonyl (C=O) groups excluding carboxylic acids is 3. The largest absolute Gasteiger partial charge is 0.451 e. The maximum Gasteiger partial charge on any atom is 0.355 e. The highest BCUT2D eigenvalue weighted by molar-refractivity contribution is 7.91. The lowest BCUT2D eigenvalue weighted by atomic mass is 10.1. The Kier molecular flexibility index (Phi) is 5.78. The summed E-state index contributed by atoms with van der Waals surface area (Å²) in [5.74, 6) is -1.78. The van der Waals surface area contributed by atoms with Crippen LogP contribution in [0.1, 0.15) is 24.8 Å². The van der Waals surface area contributed by atoms with Crippen molar-refractivity contribution < 1.29 is 27.5 Å². The molecule has 9 nitrogen and oxygen atoms in total. The van der Waals surface area contributed by atoms with Gasteiger partial charge in [-0.3, -0.25) is 9.59 Å². The molecule has 1 atom stereocenters. The summed E-state index contributed by atoms with van der Waals surface area (Å²) < 4.78 is 28.2. The number of nitrogens with one attached hydrogen (secondary N) is 1. The van der Waals surface area contributed by atoms with Gasteiger partial charge in [-0.05, 0) is 25.5 Å². The molecule has 2 aliphatic rings. The number of benzene rings is 1. The summed E-state index contributed by atoms with van der Waals surface area (Å²) >= 11 is 0. The Morgan fingerprint density at radius 3 is 2.61 bits per heavy atom. The van der Waals surface area contributed by atoms with Gasteiger partial charge in [-0.15, -0.1) is 0 Å². The normalized spacial score (nSPS) is 21.2. The summed E-state index contributed by atoms with van der Waals surface area (Å²) in [5, 5.41) is 7.70. The van der Waals surface area contributed by atoms with Crippen LogP contribution in [0.4, 0.5) is 5.69 Å². The molecule has 10 heteroatoms. The molecule has 3 rings (SSSR count). The van der Waals surface area contributed by atoms with Crippen molar-refractivity contribution in [3.8, 4) is 0 Å². The topological polar surface area (TPSA) is 122 Å². The Labute approximate surface area is 162 Å². The van der Waals surface area contributed by atoms with Crippen LogP contribution in [-0.2, 0) is 29.0 Å². The van der Waals surface area contributed by atoms with Gasteiger partial charge in [0.1, 0.15) is 5.71 Å². The predicted molar refractivity (Wildman–Crippen MR) is 101 cm³/mol. The van der Waals surface area contributed by atoms with Gasteiger partial charge in [0.05, 0.1) is 17.5 Å². The van der Waals surface area contributed by atoms with Crippen LogP contribution >= 0.6 is 0 Å². The fourth-order valence-corrected chi connectivity index (χ4v) is 4.71. The lowest BCUT2D eigenvalue weighted by molar-refractivity contribution is -0.141. The van der Waals surface area contributed by atoms with E-state index in [1.807, 2.05) is 19.1 Å². The number of hydrogen-bond acceptors (Lipinski definition) is 7. The molecule has 0 bridgehead atoms. The summed E-state index contributed by atoms with van der Waals surface area (Å²) in [6, 6.07) is 6.59. The molecule has 1 saturated heterocycles. The molecule has 28 heavy (non-hydrogen) atoms. The number of amides is 2. The molecule has 2 amide bonds. The van der Waals surface area contributed by atoms with Crippen molar-refractivity contribution in [2.75, 3.05) is 23.4 Å². The average Bonchev–Trinajstić information content (AvgIpc) is 3.01. The maximum atomic E-state index is 12.2. The molecule has 0 aromatic heterocycles. The zero-order chi connectivity index (χ0) is 20.3. The zero-order valence-electron chi connectivity index (χ0n) is 15.4. The smallest absolute Gasteiger partial charge is 0.355 e. The first-order valence-electron chi connectivity index (χ1n) is 8.87. The molecule has 1 N–H and O–H groups in total. The Balaban J connectivity index is 1.57. The van der Waals surface area contributed by atoms with Crippen molar-refractivity contribution in [2.45, 2.75) is 32.2 Å². The number of ether oxygens (including phenoxy) is 1. The summed E-state index contributed by atoms with van der Waals surface area (Å²) in [4.78, 5) is 36.2. The van der Waals surface area contributed by atoms with E-state index in [1.54, 1.807) is 12.1 Å². The highest BCUT2D eigenvalue weighted by Gasteiger charge is 2.37. The zero-order valence-corrected chi connectivity index (χ0v) is 16.2. The second-order valence-corrected chi connectivity index (χ2v) is 9.06. The van der Waals surface area contributed by atoms with E-state index in [1.165, 1.54) is 0 Å². The summed E-state index contributed by atoms with van der Waals surface area (Å²) in [6.45, 7) is 1.44. The maximum absolute atomic E-state index is 12.2. The fraction of sp³-hybridized carbons (Fsp3) is 0.444. The minimum atomic E-state index is -3.19.